The van der Waals surface area contributed by atoms with Gasteiger partial charge in [0, 0.05) is 18.1 Å². The third-order valence-corrected chi connectivity index (χ3v) is 1.94. The summed E-state index contributed by atoms with van der Waals surface area (Å²) in [4.78, 5) is 11.2. The van der Waals surface area contributed by atoms with Gasteiger partial charge in [0.1, 0.15) is 0 Å². The molecule has 0 aliphatic heterocycles. The van der Waals surface area contributed by atoms with E-state index >= 15 is 0 Å². The van der Waals surface area contributed by atoms with Gasteiger partial charge in [-0.1, -0.05) is 12.1 Å². The topological polar surface area (TPSA) is 61.4 Å². The van der Waals surface area contributed by atoms with Crippen LogP contribution in [0.4, 0.5) is 10.5 Å². The predicted molar refractivity (Wildman–Crippen MR) is 60.1 cm³/mol. The highest BCUT2D eigenvalue weighted by Crippen LogP contribution is 2.09. The molecular formula is C10H13ClN2O2. The van der Waals surface area contributed by atoms with Gasteiger partial charge in [-0.2, -0.15) is 0 Å². The normalized spacial score (nSPS) is 9.73. The van der Waals surface area contributed by atoms with Crippen LogP contribution < -0.4 is 10.6 Å². The first-order valence-electron chi connectivity index (χ1n) is 4.57. The highest BCUT2D eigenvalue weighted by atomic mass is 35.5. The maximum absolute atomic E-state index is 11.2. The molecular weight excluding hydrogens is 216 g/mol. The first kappa shape index (κ1) is 11.8. The summed E-state index contributed by atoms with van der Waals surface area (Å²) in [5.74, 6) is 0.379. The molecule has 0 aromatic heterocycles. The van der Waals surface area contributed by atoms with E-state index in [4.69, 9.17) is 16.7 Å². The van der Waals surface area contributed by atoms with Gasteiger partial charge in [-0.25, -0.2) is 4.79 Å². The van der Waals surface area contributed by atoms with Crippen LogP contribution in [0.3, 0.4) is 0 Å². The molecule has 0 saturated heterocycles. The van der Waals surface area contributed by atoms with Crippen molar-refractivity contribution in [2.45, 2.75) is 6.61 Å². The maximum Gasteiger partial charge on any atom is 0.319 e. The molecule has 1 aromatic carbocycles. The smallest absolute Gasteiger partial charge is 0.319 e. The zero-order chi connectivity index (χ0) is 11.1. The lowest BCUT2D eigenvalue weighted by Crippen LogP contribution is -2.30. The third kappa shape index (κ3) is 4.18. The fourth-order valence-corrected chi connectivity index (χ4v) is 1.18. The second-order valence-electron chi connectivity index (χ2n) is 2.93. The number of anilines is 1. The quantitative estimate of drug-likeness (QED) is 0.685. The molecule has 15 heavy (non-hydrogen) atoms. The summed E-state index contributed by atoms with van der Waals surface area (Å²) >= 11 is 5.42. The highest BCUT2D eigenvalue weighted by molar-refractivity contribution is 6.18. The van der Waals surface area contributed by atoms with Crippen LogP contribution in [-0.4, -0.2) is 23.6 Å². The Hall–Kier alpha value is -1.26. The molecule has 0 radical (unpaired) electrons. The summed E-state index contributed by atoms with van der Waals surface area (Å²) in [5, 5.41) is 14.1. The molecule has 0 unspecified atom stereocenters. The first-order valence-corrected chi connectivity index (χ1v) is 5.10. The molecule has 0 fully saturated rings. The van der Waals surface area contributed by atoms with Crippen LogP contribution in [0, 0.1) is 0 Å². The Bertz CT molecular complexity index is 331. The van der Waals surface area contributed by atoms with Gasteiger partial charge in [0.25, 0.3) is 0 Å². The van der Waals surface area contributed by atoms with E-state index in [2.05, 4.69) is 10.6 Å². The van der Waals surface area contributed by atoms with E-state index in [0.717, 1.165) is 5.56 Å². The minimum Gasteiger partial charge on any atom is -0.392 e. The Kier molecular flexibility index (Phi) is 4.93. The number of benzene rings is 1. The third-order valence-electron chi connectivity index (χ3n) is 1.75. The van der Waals surface area contributed by atoms with E-state index in [9.17, 15) is 4.79 Å². The van der Waals surface area contributed by atoms with E-state index in [1.165, 1.54) is 0 Å². The monoisotopic (exact) mass is 228 g/mol. The van der Waals surface area contributed by atoms with E-state index in [0.29, 0.717) is 18.1 Å². The molecule has 0 heterocycles. The maximum atomic E-state index is 11.2. The molecule has 4 nitrogen and oxygen atoms in total. The van der Waals surface area contributed by atoms with E-state index in [1.54, 1.807) is 24.3 Å². The lowest BCUT2D eigenvalue weighted by atomic mass is 10.2. The number of carbonyl (C=O) groups excluding carboxylic acids is 1. The standard InChI is InChI=1S/C10H13ClN2O2/c11-4-5-12-10(15)13-9-3-1-2-8(6-9)7-14/h1-3,6,14H,4-5,7H2,(H2,12,13,15). The molecule has 0 bridgehead atoms. The minimum absolute atomic E-state index is 0.0428. The number of alkyl halides is 1. The van der Waals surface area contributed by atoms with E-state index < -0.39 is 0 Å². The number of rotatable bonds is 4. The van der Waals surface area contributed by atoms with Gasteiger partial charge in [-0.3, -0.25) is 0 Å². The lowest BCUT2D eigenvalue weighted by molar-refractivity contribution is 0.252. The minimum atomic E-state index is -0.300. The number of urea groups is 1. The van der Waals surface area contributed by atoms with Gasteiger partial charge >= 0.3 is 6.03 Å². The van der Waals surface area contributed by atoms with Crippen molar-refractivity contribution in [3.63, 3.8) is 0 Å². The predicted octanol–water partition coefficient (Wildman–Crippen LogP) is 1.54. The van der Waals surface area contributed by atoms with Crippen LogP contribution in [0.2, 0.25) is 0 Å². The Labute approximate surface area is 93.2 Å². The van der Waals surface area contributed by atoms with Crippen molar-refractivity contribution in [3.05, 3.63) is 29.8 Å². The zero-order valence-corrected chi connectivity index (χ0v) is 8.92. The Morgan fingerprint density at radius 3 is 2.93 bits per heavy atom. The summed E-state index contributed by atoms with van der Waals surface area (Å²) in [7, 11) is 0. The Morgan fingerprint density at radius 1 is 1.47 bits per heavy atom. The SMILES string of the molecule is O=C(NCCCl)Nc1cccc(CO)c1. The zero-order valence-electron chi connectivity index (χ0n) is 8.16. The fourth-order valence-electron chi connectivity index (χ4n) is 1.08. The summed E-state index contributed by atoms with van der Waals surface area (Å²) in [5.41, 5.74) is 1.40. The molecule has 82 valence electrons. The number of aliphatic hydroxyl groups is 1. The molecule has 3 N–H and O–H groups in total. The number of carbonyl (C=O) groups is 1. The molecule has 0 aliphatic rings. The number of nitrogens with one attached hydrogen (secondary N) is 2. The summed E-state index contributed by atoms with van der Waals surface area (Å²) < 4.78 is 0. The van der Waals surface area contributed by atoms with Gasteiger partial charge in [-0.15, -0.1) is 11.6 Å². The highest BCUT2D eigenvalue weighted by Gasteiger charge is 2.00. The van der Waals surface area contributed by atoms with Crippen LogP contribution in [0.5, 0.6) is 0 Å². The van der Waals surface area contributed by atoms with Crippen LogP contribution in [0.15, 0.2) is 24.3 Å². The summed E-state index contributed by atoms with van der Waals surface area (Å²) in [6.45, 7) is 0.381. The second kappa shape index (κ2) is 6.27. The van der Waals surface area contributed by atoms with E-state index in [-0.39, 0.29) is 12.6 Å². The van der Waals surface area contributed by atoms with Crippen molar-refractivity contribution < 1.29 is 9.90 Å². The number of hydrogen-bond donors (Lipinski definition) is 3. The van der Waals surface area contributed by atoms with Crippen LogP contribution in [-0.2, 0) is 6.61 Å². The number of hydrogen-bond acceptors (Lipinski definition) is 2. The molecule has 0 spiro atoms. The summed E-state index contributed by atoms with van der Waals surface area (Å²) in [6.07, 6.45) is 0. The van der Waals surface area contributed by atoms with Crippen LogP contribution in [0.25, 0.3) is 0 Å². The molecule has 0 atom stereocenters. The van der Waals surface area contributed by atoms with Crippen molar-refractivity contribution in [1.82, 2.24) is 5.32 Å². The number of amides is 2. The van der Waals surface area contributed by atoms with Crippen molar-refractivity contribution >= 4 is 23.3 Å². The van der Waals surface area contributed by atoms with Gasteiger partial charge in [0.05, 0.1) is 6.61 Å². The molecule has 1 aromatic rings. The average molecular weight is 229 g/mol. The van der Waals surface area contributed by atoms with Gasteiger partial charge < -0.3 is 15.7 Å². The fraction of sp³-hybridized carbons (Fsp3) is 0.300. The molecule has 0 saturated carbocycles. The second-order valence-corrected chi connectivity index (χ2v) is 3.31. The van der Waals surface area contributed by atoms with Crippen molar-refractivity contribution in [2.75, 3.05) is 17.7 Å². The number of halogens is 1. The van der Waals surface area contributed by atoms with Crippen molar-refractivity contribution in [2.24, 2.45) is 0 Å². The first-order chi connectivity index (χ1) is 7.26. The lowest BCUT2D eigenvalue weighted by Gasteiger charge is -2.07. The van der Waals surface area contributed by atoms with Crippen LogP contribution >= 0.6 is 11.6 Å². The molecule has 0 aliphatic carbocycles. The van der Waals surface area contributed by atoms with Gasteiger partial charge in [0.15, 0.2) is 0 Å². The van der Waals surface area contributed by atoms with Crippen molar-refractivity contribution in [1.29, 1.82) is 0 Å². The van der Waals surface area contributed by atoms with E-state index in [1.807, 2.05) is 0 Å². The van der Waals surface area contributed by atoms with Crippen molar-refractivity contribution in [3.8, 4) is 0 Å². The Morgan fingerprint density at radius 2 is 2.27 bits per heavy atom. The molecule has 1 rings (SSSR count). The largest absolute Gasteiger partial charge is 0.392 e. The Balaban J connectivity index is 2.52. The summed E-state index contributed by atoms with van der Waals surface area (Å²) in [6, 6.07) is 6.70. The van der Waals surface area contributed by atoms with Gasteiger partial charge in [0.2, 0.25) is 0 Å². The number of aliphatic hydroxyl groups excluding tert-OH is 1. The van der Waals surface area contributed by atoms with Crippen LogP contribution in [0.1, 0.15) is 5.56 Å². The average Bonchev–Trinajstić information content (AvgIpc) is 2.26. The molecule has 2 amide bonds. The van der Waals surface area contributed by atoms with Gasteiger partial charge in [-0.05, 0) is 17.7 Å². The molecule has 5 heteroatoms.